The van der Waals surface area contributed by atoms with E-state index in [0.29, 0.717) is 19.7 Å². The second kappa shape index (κ2) is 6.45. The Morgan fingerprint density at radius 2 is 2.05 bits per heavy atom. The fraction of sp³-hybridized carbons (Fsp3) is 0.562. The maximum absolute atomic E-state index is 12.1. The lowest BCUT2D eigenvalue weighted by Crippen LogP contribution is -2.49. The number of ether oxygens (including phenoxy) is 2. The summed E-state index contributed by atoms with van der Waals surface area (Å²) in [4.78, 5) is 13.7. The van der Waals surface area contributed by atoms with Crippen LogP contribution < -0.4 is 0 Å². The van der Waals surface area contributed by atoms with Crippen LogP contribution in [0.3, 0.4) is 0 Å². The number of hydrogen-bond acceptors (Lipinski definition) is 4. The molecule has 0 aromatic heterocycles. The van der Waals surface area contributed by atoms with E-state index >= 15 is 0 Å². The summed E-state index contributed by atoms with van der Waals surface area (Å²) in [5.74, 6) is 0. The summed E-state index contributed by atoms with van der Waals surface area (Å²) < 4.78 is 11.0. The zero-order chi connectivity index (χ0) is 15.5. The molecule has 116 valence electrons. The largest absolute Gasteiger partial charge is 0.444 e. The first-order valence-electron chi connectivity index (χ1n) is 7.19. The van der Waals surface area contributed by atoms with Gasteiger partial charge in [-0.15, -0.1) is 0 Å². The monoisotopic (exact) mass is 293 g/mol. The van der Waals surface area contributed by atoms with E-state index in [4.69, 9.17) is 9.47 Å². The maximum atomic E-state index is 12.1. The number of rotatable bonds is 2. The third-order valence-electron chi connectivity index (χ3n) is 3.24. The minimum atomic E-state index is -0.753. The van der Waals surface area contributed by atoms with Gasteiger partial charge in [0.1, 0.15) is 17.8 Å². The second-order valence-electron chi connectivity index (χ2n) is 6.19. The molecule has 2 atom stereocenters. The fourth-order valence-corrected chi connectivity index (χ4v) is 2.22. The van der Waals surface area contributed by atoms with Gasteiger partial charge in [-0.3, -0.25) is 0 Å². The minimum absolute atomic E-state index is 0.324. The highest BCUT2D eigenvalue weighted by atomic mass is 16.6. The average Bonchev–Trinajstić information content (AvgIpc) is 2.46. The molecule has 1 heterocycles. The van der Waals surface area contributed by atoms with Crippen molar-refractivity contribution < 1.29 is 19.4 Å². The Labute approximate surface area is 125 Å². The molecule has 5 heteroatoms. The van der Waals surface area contributed by atoms with Crippen molar-refractivity contribution in [3.05, 3.63) is 35.9 Å². The van der Waals surface area contributed by atoms with Gasteiger partial charge in [0.2, 0.25) is 0 Å². The molecular formula is C16H23NO4. The predicted molar refractivity (Wildman–Crippen MR) is 78.9 cm³/mol. The molecule has 1 N–H and O–H groups in total. The van der Waals surface area contributed by atoms with Crippen LogP contribution in [0, 0.1) is 0 Å². The molecule has 0 bridgehead atoms. The van der Waals surface area contributed by atoms with Crippen LogP contribution in [0.15, 0.2) is 30.3 Å². The third-order valence-corrected chi connectivity index (χ3v) is 3.24. The topological polar surface area (TPSA) is 59.0 Å². The predicted octanol–water partition coefficient (Wildman–Crippen LogP) is 2.36. The van der Waals surface area contributed by atoms with Crippen molar-refractivity contribution >= 4 is 6.09 Å². The van der Waals surface area contributed by atoms with Gasteiger partial charge in [0.25, 0.3) is 0 Å². The SMILES string of the molecule is CC(C)(C)OC(=O)N1CCO[C@H]([C@H](O)c2ccccc2)C1. The van der Waals surface area contributed by atoms with E-state index in [2.05, 4.69) is 0 Å². The smallest absolute Gasteiger partial charge is 0.410 e. The minimum Gasteiger partial charge on any atom is -0.444 e. The Morgan fingerprint density at radius 3 is 2.67 bits per heavy atom. The normalized spacial score (nSPS) is 21.0. The third kappa shape index (κ3) is 4.44. The maximum Gasteiger partial charge on any atom is 0.410 e. The molecule has 1 aliphatic heterocycles. The van der Waals surface area contributed by atoms with E-state index in [1.54, 1.807) is 4.90 Å². The molecule has 1 saturated heterocycles. The van der Waals surface area contributed by atoms with Crippen molar-refractivity contribution in [2.75, 3.05) is 19.7 Å². The molecular weight excluding hydrogens is 270 g/mol. The summed E-state index contributed by atoms with van der Waals surface area (Å²) in [6.07, 6.45) is -1.55. The number of aliphatic hydroxyl groups is 1. The number of nitrogens with zero attached hydrogens (tertiary/aromatic N) is 1. The van der Waals surface area contributed by atoms with Crippen LogP contribution in [0.25, 0.3) is 0 Å². The van der Waals surface area contributed by atoms with Crippen molar-refractivity contribution in [3.8, 4) is 0 Å². The van der Waals surface area contributed by atoms with Gasteiger partial charge < -0.3 is 19.5 Å². The van der Waals surface area contributed by atoms with Crippen LogP contribution in [0.4, 0.5) is 4.79 Å². The summed E-state index contributed by atoms with van der Waals surface area (Å²) >= 11 is 0. The van der Waals surface area contributed by atoms with Crippen molar-refractivity contribution in [1.29, 1.82) is 0 Å². The van der Waals surface area contributed by atoms with Gasteiger partial charge in [-0.05, 0) is 26.3 Å². The molecule has 0 spiro atoms. The van der Waals surface area contributed by atoms with Gasteiger partial charge in [-0.25, -0.2) is 4.79 Å². The first kappa shape index (κ1) is 15.8. The summed E-state index contributed by atoms with van der Waals surface area (Å²) in [5, 5.41) is 10.4. The Hall–Kier alpha value is -1.59. The number of carbonyl (C=O) groups is 1. The summed E-state index contributed by atoms with van der Waals surface area (Å²) in [7, 11) is 0. The van der Waals surface area contributed by atoms with Gasteiger partial charge in [-0.1, -0.05) is 30.3 Å². The van der Waals surface area contributed by atoms with Gasteiger partial charge >= 0.3 is 6.09 Å². The number of carbonyl (C=O) groups excluding carboxylic acids is 1. The van der Waals surface area contributed by atoms with E-state index in [-0.39, 0.29) is 6.09 Å². The molecule has 1 aromatic carbocycles. The van der Waals surface area contributed by atoms with Crippen LogP contribution in [0.1, 0.15) is 32.4 Å². The molecule has 0 radical (unpaired) electrons. The molecule has 1 amide bonds. The Bertz CT molecular complexity index is 469. The number of morpholine rings is 1. The Kier molecular flexibility index (Phi) is 4.85. The molecule has 1 aliphatic rings. The fourth-order valence-electron chi connectivity index (χ4n) is 2.22. The van der Waals surface area contributed by atoms with Crippen LogP contribution in [0.2, 0.25) is 0 Å². The molecule has 2 rings (SSSR count). The van der Waals surface area contributed by atoms with Crippen molar-refractivity contribution in [1.82, 2.24) is 4.90 Å². The van der Waals surface area contributed by atoms with E-state index < -0.39 is 17.8 Å². The lowest BCUT2D eigenvalue weighted by Gasteiger charge is -2.36. The highest BCUT2D eigenvalue weighted by Crippen LogP contribution is 2.23. The van der Waals surface area contributed by atoms with Crippen molar-refractivity contribution in [3.63, 3.8) is 0 Å². The van der Waals surface area contributed by atoms with Gasteiger partial charge in [0.05, 0.1) is 13.2 Å². The van der Waals surface area contributed by atoms with Crippen LogP contribution in [-0.2, 0) is 9.47 Å². The highest BCUT2D eigenvalue weighted by molar-refractivity contribution is 5.68. The van der Waals surface area contributed by atoms with E-state index in [1.165, 1.54) is 0 Å². The standard InChI is InChI=1S/C16H23NO4/c1-16(2,3)21-15(19)17-9-10-20-13(11-17)14(18)12-7-5-4-6-8-12/h4-8,13-14,18H,9-11H2,1-3H3/t13-,14+/m0/s1. The van der Waals surface area contributed by atoms with Crippen molar-refractivity contribution in [2.24, 2.45) is 0 Å². The quantitative estimate of drug-likeness (QED) is 0.909. The lowest BCUT2D eigenvalue weighted by molar-refractivity contribution is -0.0908. The number of benzene rings is 1. The summed E-state index contributed by atoms with van der Waals surface area (Å²) in [6.45, 7) is 6.70. The molecule has 0 saturated carbocycles. The molecule has 0 aliphatic carbocycles. The lowest BCUT2D eigenvalue weighted by atomic mass is 10.0. The Morgan fingerprint density at radius 1 is 1.38 bits per heavy atom. The van der Waals surface area contributed by atoms with Crippen LogP contribution in [0.5, 0.6) is 0 Å². The molecule has 1 fully saturated rings. The number of aliphatic hydroxyl groups excluding tert-OH is 1. The van der Waals surface area contributed by atoms with Gasteiger partial charge in [0, 0.05) is 6.54 Å². The first-order valence-corrected chi connectivity index (χ1v) is 7.19. The summed E-state index contributed by atoms with van der Waals surface area (Å²) in [6, 6.07) is 9.33. The zero-order valence-electron chi connectivity index (χ0n) is 12.8. The van der Waals surface area contributed by atoms with E-state index in [1.807, 2.05) is 51.1 Å². The Balaban J connectivity index is 1.99. The highest BCUT2D eigenvalue weighted by Gasteiger charge is 2.32. The van der Waals surface area contributed by atoms with Gasteiger partial charge in [0.15, 0.2) is 0 Å². The number of amides is 1. The van der Waals surface area contributed by atoms with Crippen LogP contribution >= 0.6 is 0 Å². The molecule has 0 unspecified atom stereocenters. The van der Waals surface area contributed by atoms with Gasteiger partial charge in [-0.2, -0.15) is 0 Å². The second-order valence-corrected chi connectivity index (χ2v) is 6.19. The zero-order valence-corrected chi connectivity index (χ0v) is 12.8. The number of hydrogen-bond donors (Lipinski definition) is 1. The van der Waals surface area contributed by atoms with Crippen LogP contribution in [-0.4, -0.2) is 47.5 Å². The summed E-state index contributed by atoms with van der Waals surface area (Å²) in [5.41, 5.74) is 0.261. The molecule has 5 nitrogen and oxygen atoms in total. The van der Waals surface area contributed by atoms with E-state index in [0.717, 1.165) is 5.56 Å². The molecule has 21 heavy (non-hydrogen) atoms. The van der Waals surface area contributed by atoms with E-state index in [9.17, 15) is 9.90 Å². The van der Waals surface area contributed by atoms with Crippen molar-refractivity contribution in [2.45, 2.75) is 38.6 Å². The first-order chi connectivity index (χ1) is 9.87. The molecule has 1 aromatic rings. The average molecular weight is 293 g/mol.